The molecule has 0 radical (unpaired) electrons. The van der Waals surface area contributed by atoms with Crippen molar-refractivity contribution in [2.24, 2.45) is 0 Å². The van der Waals surface area contributed by atoms with Gasteiger partial charge in [-0.05, 0) is 38.0 Å². The van der Waals surface area contributed by atoms with E-state index in [-0.39, 0.29) is 26.4 Å². The van der Waals surface area contributed by atoms with Gasteiger partial charge in [-0.15, -0.1) is 0 Å². The molecule has 10 heteroatoms. The first-order valence-corrected chi connectivity index (χ1v) is 11.4. The topological polar surface area (TPSA) is 96.4 Å². The minimum atomic E-state index is -3.68. The Bertz CT molecular complexity index is 1030. The number of benzene rings is 1. The molecule has 7 nitrogen and oxygen atoms in total. The van der Waals surface area contributed by atoms with E-state index in [9.17, 15) is 18.0 Å². The molecule has 1 N–H and O–H groups in total. The zero-order chi connectivity index (χ0) is 20.5. The number of aryl methyl sites for hydroxylation is 1. The standard InChI is InChI=1S/C18H20ClN3O4S2/c1-11-16(12(2)23)27-18(20-11)21-17(24)14-10-13(6-7-15(14)19)28(25,26)22-8-4-3-5-9-22/h6-7,10H,3-5,8-9H2,1-2H3,(H,20,21,24). The monoisotopic (exact) mass is 441 g/mol. The predicted octanol–water partition coefficient (Wildman–Crippen LogP) is 3.73. The van der Waals surface area contributed by atoms with E-state index in [1.165, 1.54) is 29.4 Å². The summed E-state index contributed by atoms with van der Waals surface area (Å²) in [6.45, 7) is 4.05. The summed E-state index contributed by atoms with van der Waals surface area (Å²) in [7, 11) is -3.68. The molecule has 150 valence electrons. The highest BCUT2D eigenvalue weighted by molar-refractivity contribution is 7.89. The van der Waals surface area contributed by atoms with Crippen molar-refractivity contribution in [3.63, 3.8) is 0 Å². The van der Waals surface area contributed by atoms with Gasteiger partial charge in [0, 0.05) is 20.0 Å². The summed E-state index contributed by atoms with van der Waals surface area (Å²) in [5.74, 6) is -0.715. The van der Waals surface area contributed by atoms with Gasteiger partial charge in [-0.3, -0.25) is 14.9 Å². The van der Waals surface area contributed by atoms with Crippen LogP contribution in [0, 0.1) is 6.92 Å². The molecule has 0 saturated carbocycles. The van der Waals surface area contributed by atoms with Crippen LogP contribution in [0.5, 0.6) is 0 Å². The average molecular weight is 442 g/mol. The number of nitrogens with one attached hydrogen (secondary N) is 1. The van der Waals surface area contributed by atoms with Crippen molar-refractivity contribution >= 4 is 49.8 Å². The molecule has 1 amide bonds. The van der Waals surface area contributed by atoms with Gasteiger partial charge in [-0.25, -0.2) is 13.4 Å². The van der Waals surface area contributed by atoms with E-state index in [0.29, 0.717) is 23.7 Å². The molecule has 1 aromatic carbocycles. The third-order valence-electron chi connectivity index (χ3n) is 4.47. The zero-order valence-corrected chi connectivity index (χ0v) is 17.9. The fourth-order valence-corrected chi connectivity index (χ4v) is 5.64. The van der Waals surface area contributed by atoms with Gasteiger partial charge in [0.25, 0.3) is 5.91 Å². The third-order valence-corrected chi connectivity index (χ3v) is 7.87. The van der Waals surface area contributed by atoms with E-state index in [4.69, 9.17) is 11.6 Å². The smallest absolute Gasteiger partial charge is 0.259 e. The molecule has 0 bridgehead atoms. The van der Waals surface area contributed by atoms with Crippen LogP contribution in [0.2, 0.25) is 5.02 Å². The summed E-state index contributed by atoms with van der Waals surface area (Å²) >= 11 is 7.21. The first-order chi connectivity index (χ1) is 13.2. The number of piperidine rings is 1. The van der Waals surface area contributed by atoms with Gasteiger partial charge >= 0.3 is 0 Å². The molecule has 0 aliphatic carbocycles. The van der Waals surface area contributed by atoms with Crippen molar-refractivity contribution in [3.05, 3.63) is 39.4 Å². The Labute approximate surface area is 172 Å². The Balaban J connectivity index is 1.87. The molecule has 2 heterocycles. The van der Waals surface area contributed by atoms with Crippen molar-refractivity contribution < 1.29 is 18.0 Å². The van der Waals surface area contributed by atoms with Crippen molar-refractivity contribution in [2.45, 2.75) is 38.0 Å². The van der Waals surface area contributed by atoms with Gasteiger partial charge in [0.2, 0.25) is 10.0 Å². The SMILES string of the molecule is CC(=O)c1sc(NC(=O)c2cc(S(=O)(=O)N3CCCCC3)ccc2Cl)nc1C. The Hall–Kier alpha value is -1.81. The van der Waals surface area contributed by atoms with E-state index < -0.39 is 15.9 Å². The highest BCUT2D eigenvalue weighted by Crippen LogP contribution is 2.27. The number of nitrogens with zero attached hydrogens (tertiary/aromatic N) is 2. The number of carbonyl (C=O) groups is 2. The molecule has 0 atom stereocenters. The van der Waals surface area contributed by atoms with E-state index in [1.54, 1.807) is 6.92 Å². The molecular weight excluding hydrogens is 422 g/mol. The summed E-state index contributed by atoms with van der Waals surface area (Å²) in [5.41, 5.74) is 0.567. The quantitative estimate of drug-likeness (QED) is 0.713. The van der Waals surface area contributed by atoms with Crippen LogP contribution in [-0.2, 0) is 10.0 Å². The number of halogens is 1. The van der Waals surface area contributed by atoms with Crippen LogP contribution in [0.3, 0.4) is 0 Å². The Kier molecular flexibility index (Phi) is 6.18. The number of hydrogen-bond acceptors (Lipinski definition) is 6. The molecule has 1 aliphatic heterocycles. The normalized spacial score (nSPS) is 15.4. The highest BCUT2D eigenvalue weighted by Gasteiger charge is 2.27. The lowest BCUT2D eigenvalue weighted by Gasteiger charge is -2.26. The Morgan fingerprint density at radius 3 is 2.50 bits per heavy atom. The number of aromatic nitrogens is 1. The maximum Gasteiger partial charge on any atom is 0.259 e. The maximum absolute atomic E-state index is 12.9. The summed E-state index contributed by atoms with van der Waals surface area (Å²) in [6, 6.07) is 4.10. The summed E-state index contributed by atoms with van der Waals surface area (Å²) in [5, 5.41) is 2.99. The summed E-state index contributed by atoms with van der Waals surface area (Å²) in [6.07, 6.45) is 2.65. The lowest BCUT2D eigenvalue weighted by molar-refractivity contribution is 0.101. The largest absolute Gasteiger partial charge is 0.298 e. The van der Waals surface area contributed by atoms with Gasteiger partial charge in [-0.1, -0.05) is 29.4 Å². The van der Waals surface area contributed by atoms with E-state index in [0.717, 1.165) is 30.6 Å². The first-order valence-electron chi connectivity index (χ1n) is 8.79. The number of ketones is 1. The number of Topliss-reactive ketones (excluding diaryl/α,β-unsaturated/α-hetero) is 1. The molecule has 0 unspecified atom stereocenters. The number of carbonyl (C=O) groups excluding carboxylic acids is 2. The van der Waals surface area contributed by atoms with Gasteiger partial charge < -0.3 is 0 Å². The molecule has 1 fully saturated rings. The molecule has 1 saturated heterocycles. The van der Waals surface area contributed by atoms with Crippen LogP contribution in [-0.4, -0.2) is 42.5 Å². The van der Waals surface area contributed by atoms with Crippen LogP contribution in [0.1, 0.15) is 51.9 Å². The molecular formula is C18H20ClN3O4S2. The number of thiazole rings is 1. The molecule has 1 aliphatic rings. The average Bonchev–Trinajstić information content (AvgIpc) is 3.03. The van der Waals surface area contributed by atoms with Crippen molar-refractivity contribution in [2.75, 3.05) is 18.4 Å². The van der Waals surface area contributed by atoms with Crippen molar-refractivity contribution in [3.8, 4) is 0 Å². The van der Waals surface area contributed by atoms with Crippen LogP contribution in [0.25, 0.3) is 0 Å². The number of anilines is 1. The second-order valence-electron chi connectivity index (χ2n) is 6.55. The number of amides is 1. The predicted molar refractivity (Wildman–Crippen MR) is 109 cm³/mol. The molecule has 1 aromatic heterocycles. The highest BCUT2D eigenvalue weighted by atomic mass is 35.5. The second kappa shape index (κ2) is 8.28. The molecule has 3 rings (SSSR count). The second-order valence-corrected chi connectivity index (χ2v) is 9.89. The van der Waals surface area contributed by atoms with Gasteiger partial charge in [0.15, 0.2) is 10.9 Å². The fourth-order valence-electron chi connectivity index (χ4n) is 3.03. The van der Waals surface area contributed by atoms with E-state index >= 15 is 0 Å². The third kappa shape index (κ3) is 4.27. The first kappa shape index (κ1) is 20.9. The Morgan fingerprint density at radius 2 is 1.89 bits per heavy atom. The summed E-state index contributed by atoms with van der Waals surface area (Å²) < 4.78 is 27.2. The van der Waals surface area contributed by atoms with Gasteiger partial charge in [0.1, 0.15) is 0 Å². The van der Waals surface area contributed by atoms with Crippen LogP contribution in [0.4, 0.5) is 5.13 Å². The fraction of sp³-hybridized carbons (Fsp3) is 0.389. The molecule has 2 aromatic rings. The Morgan fingerprint density at radius 1 is 1.21 bits per heavy atom. The lowest BCUT2D eigenvalue weighted by atomic mass is 10.2. The minimum Gasteiger partial charge on any atom is -0.298 e. The van der Waals surface area contributed by atoms with Gasteiger partial charge in [-0.2, -0.15) is 4.31 Å². The van der Waals surface area contributed by atoms with Crippen LogP contribution < -0.4 is 5.32 Å². The molecule has 0 spiro atoms. The number of hydrogen-bond donors (Lipinski definition) is 1. The molecule has 28 heavy (non-hydrogen) atoms. The zero-order valence-electron chi connectivity index (χ0n) is 15.5. The minimum absolute atomic E-state index is 0.0312. The number of rotatable bonds is 5. The van der Waals surface area contributed by atoms with Gasteiger partial charge in [0.05, 0.1) is 26.1 Å². The summed E-state index contributed by atoms with van der Waals surface area (Å²) in [4.78, 5) is 28.9. The van der Waals surface area contributed by atoms with Crippen molar-refractivity contribution in [1.29, 1.82) is 0 Å². The van der Waals surface area contributed by atoms with Crippen molar-refractivity contribution in [1.82, 2.24) is 9.29 Å². The van der Waals surface area contributed by atoms with E-state index in [1.807, 2.05) is 0 Å². The van der Waals surface area contributed by atoms with E-state index in [2.05, 4.69) is 10.3 Å². The maximum atomic E-state index is 12.9. The lowest BCUT2D eigenvalue weighted by Crippen LogP contribution is -2.35. The van der Waals surface area contributed by atoms with Crippen LogP contribution in [0.15, 0.2) is 23.1 Å². The number of sulfonamides is 1. The van der Waals surface area contributed by atoms with Crippen LogP contribution >= 0.6 is 22.9 Å².